The highest BCUT2D eigenvalue weighted by atomic mass is 35.5. The molecule has 0 radical (unpaired) electrons. The van der Waals surface area contributed by atoms with Crippen LogP contribution in [0.25, 0.3) is 0 Å². The van der Waals surface area contributed by atoms with Gasteiger partial charge in [0.25, 0.3) is 5.91 Å². The molecule has 2 heterocycles. The van der Waals surface area contributed by atoms with Crippen molar-refractivity contribution < 1.29 is 27.0 Å². The van der Waals surface area contributed by atoms with Crippen LogP contribution in [0.3, 0.4) is 0 Å². The van der Waals surface area contributed by atoms with Crippen LogP contribution in [-0.2, 0) is 24.5 Å². The van der Waals surface area contributed by atoms with Crippen LogP contribution in [0, 0.1) is 5.92 Å². The van der Waals surface area contributed by atoms with Crippen molar-refractivity contribution in [3.05, 3.63) is 120 Å². The van der Waals surface area contributed by atoms with Crippen molar-refractivity contribution in [1.82, 2.24) is 0 Å². The van der Waals surface area contributed by atoms with Crippen molar-refractivity contribution in [3.8, 4) is 5.75 Å². The van der Waals surface area contributed by atoms with Gasteiger partial charge in [0, 0.05) is 10.6 Å². The van der Waals surface area contributed by atoms with Gasteiger partial charge in [0.2, 0.25) is 5.91 Å². The normalized spacial score (nSPS) is 20.8. The van der Waals surface area contributed by atoms with Crippen LogP contribution in [0.5, 0.6) is 5.75 Å². The summed E-state index contributed by atoms with van der Waals surface area (Å²) in [6.45, 7) is 0. The monoisotopic (exact) mass is 560 g/mol. The highest BCUT2D eigenvalue weighted by molar-refractivity contribution is 7.87. The second kappa shape index (κ2) is 9.85. The van der Waals surface area contributed by atoms with Gasteiger partial charge >= 0.3 is 10.1 Å². The number of para-hydroxylation sites is 2. The number of carbonyl (C=O) groups excluding carboxylic acids is 2. The van der Waals surface area contributed by atoms with Crippen molar-refractivity contribution in [3.63, 3.8) is 0 Å². The van der Waals surface area contributed by atoms with Crippen LogP contribution in [0.15, 0.2) is 114 Å². The minimum atomic E-state index is -4.19. The second-order valence-electron chi connectivity index (χ2n) is 9.03. The Kier molecular flexibility index (Phi) is 6.34. The van der Waals surface area contributed by atoms with Gasteiger partial charge in [0.15, 0.2) is 6.10 Å². The number of imide groups is 1. The van der Waals surface area contributed by atoms with E-state index in [0.717, 1.165) is 4.90 Å². The molecule has 0 spiro atoms. The molecule has 0 aromatic heterocycles. The molecule has 196 valence electrons. The highest BCUT2D eigenvalue weighted by Crippen LogP contribution is 2.49. The SMILES string of the molecule is O=C1[C@H]2[C@@H](c3ccccc3OS(=O)(=O)c3ccccc3)N(c3ccccc3)O[C@H]2C(=O)N1c1ccc(Cl)cc1. The van der Waals surface area contributed by atoms with Crippen LogP contribution < -0.4 is 14.1 Å². The van der Waals surface area contributed by atoms with Crippen molar-refractivity contribution in [1.29, 1.82) is 0 Å². The molecule has 3 atom stereocenters. The predicted octanol–water partition coefficient (Wildman–Crippen LogP) is 5.16. The Balaban J connectivity index is 1.44. The van der Waals surface area contributed by atoms with Gasteiger partial charge < -0.3 is 4.18 Å². The molecule has 39 heavy (non-hydrogen) atoms. The van der Waals surface area contributed by atoms with E-state index in [1.54, 1.807) is 84.9 Å². The minimum Gasteiger partial charge on any atom is -0.379 e. The summed E-state index contributed by atoms with van der Waals surface area (Å²) >= 11 is 6.01. The maximum Gasteiger partial charge on any atom is 0.339 e. The molecule has 4 aromatic rings. The van der Waals surface area contributed by atoms with E-state index in [2.05, 4.69) is 0 Å². The number of amides is 2. The van der Waals surface area contributed by atoms with E-state index in [9.17, 15) is 18.0 Å². The maximum atomic E-state index is 13.9. The Morgan fingerprint density at radius 2 is 1.33 bits per heavy atom. The molecule has 0 bridgehead atoms. The zero-order valence-electron chi connectivity index (χ0n) is 20.3. The fraction of sp³-hybridized carbons (Fsp3) is 0.103. The van der Waals surface area contributed by atoms with E-state index in [1.807, 2.05) is 6.07 Å². The van der Waals surface area contributed by atoms with Gasteiger partial charge in [-0.3, -0.25) is 14.4 Å². The number of hydroxylamine groups is 1. The summed E-state index contributed by atoms with van der Waals surface area (Å²) in [5.74, 6) is -1.94. The van der Waals surface area contributed by atoms with E-state index >= 15 is 0 Å². The topological polar surface area (TPSA) is 93.2 Å². The summed E-state index contributed by atoms with van der Waals surface area (Å²) in [4.78, 5) is 34.6. The van der Waals surface area contributed by atoms with Crippen LogP contribution in [0.1, 0.15) is 11.6 Å². The average molecular weight is 561 g/mol. The third-order valence-corrected chi connectivity index (χ3v) is 8.18. The van der Waals surface area contributed by atoms with E-state index in [0.29, 0.717) is 22.0 Å². The van der Waals surface area contributed by atoms with Crippen LogP contribution >= 0.6 is 11.6 Å². The molecule has 2 fully saturated rings. The quantitative estimate of drug-likeness (QED) is 0.237. The molecule has 10 heteroatoms. The number of hydrogen-bond donors (Lipinski definition) is 0. The van der Waals surface area contributed by atoms with Crippen molar-refractivity contribution in [2.75, 3.05) is 9.96 Å². The van der Waals surface area contributed by atoms with E-state index in [1.165, 1.54) is 23.3 Å². The lowest BCUT2D eigenvalue weighted by Crippen LogP contribution is -2.37. The molecular weight excluding hydrogens is 540 g/mol. The highest BCUT2D eigenvalue weighted by Gasteiger charge is 2.60. The van der Waals surface area contributed by atoms with Gasteiger partial charge in [-0.05, 0) is 54.6 Å². The second-order valence-corrected chi connectivity index (χ2v) is 11.0. The number of carbonyl (C=O) groups is 2. The first kappa shape index (κ1) is 25.1. The summed E-state index contributed by atoms with van der Waals surface area (Å²) in [6.07, 6.45) is -1.13. The fourth-order valence-corrected chi connectivity index (χ4v) is 6.03. The Bertz CT molecular complexity index is 1650. The van der Waals surface area contributed by atoms with Gasteiger partial charge in [-0.25, -0.2) is 9.96 Å². The van der Waals surface area contributed by atoms with Crippen LogP contribution in [-0.4, -0.2) is 26.3 Å². The standard InChI is InChI=1S/C29H21ClN2O6S/c30-19-15-17-20(18-16-19)31-28(33)25-26(32(37-27(25)29(31)34)21-9-3-1-4-10-21)23-13-7-8-14-24(23)38-39(35,36)22-11-5-2-6-12-22/h1-18,25-27H/t25-,26+,27+/m0/s1. The number of halogens is 1. The summed E-state index contributed by atoms with van der Waals surface area (Å²) < 4.78 is 31.9. The minimum absolute atomic E-state index is 0.0127. The molecule has 2 aliphatic heterocycles. The third kappa shape index (κ3) is 4.44. The van der Waals surface area contributed by atoms with Crippen LogP contribution in [0.4, 0.5) is 11.4 Å². The first-order valence-electron chi connectivity index (χ1n) is 12.1. The number of benzene rings is 4. The molecule has 2 aliphatic rings. The lowest BCUT2D eigenvalue weighted by molar-refractivity contribution is -0.126. The number of hydrogen-bond acceptors (Lipinski definition) is 7. The number of rotatable bonds is 6. The van der Waals surface area contributed by atoms with Gasteiger partial charge in [-0.1, -0.05) is 66.2 Å². The predicted molar refractivity (Wildman–Crippen MR) is 145 cm³/mol. The number of anilines is 2. The third-order valence-electron chi connectivity index (χ3n) is 6.68. The first-order valence-corrected chi connectivity index (χ1v) is 13.9. The van der Waals surface area contributed by atoms with Gasteiger partial charge in [-0.2, -0.15) is 8.42 Å². The summed E-state index contributed by atoms with van der Waals surface area (Å²) in [5.41, 5.74) is 1.34. The Hall–Kier alpha value is -4.18. The summed E-state index contributed by atoms with van der Waals surface area (Å²) in [5, 5.41) is 1.95. The fourth-order valence-electron chi connectivity index (χ4n) is 4.93. The number of nitrogens with zero attached hydrogens (tertiary/aromatic N) is 2. The molecule has 0 saturated carbocycles. The van der Waals surface area contributed by atoms with Crippen LogP contribution in [0.2, 0.25) is 5.02 Å². The molecule has 0 aliphatic carbocycles. The summed E-state index contributed by atoms with van der Waals surface area (Å²) in [7, 11) is -4.19. The largest absolute Gasteiger partial charge is 0.379 e. The van der Waals surface area contributed by atoms with E-state index in [4.69, 9.17) is 20.6 Å². The van der Waals surface area contributed by atoms with Crippen molar-refractivity contribution in [2.45, 2.75) is 17.0 Å². The molecule has 0 unspecified atom stereocenters. The van der Waals surface area contributed by atoms with Crippen molar-refractivity contribution >= 4 is 44.9 Å². The Morgan fingerprint density at radius 1 is 0.718 bits per heavy atom. The average Bonchev–Trinajstić information content (AvgIpc) is 3.46. The summed E-state index contributed by atoms with van der Waals surface area (Å²) in [6, 6.07) is 28.8. The molecule has 8 nitrogen and oxygen atoms in total. The zero-order valence-corrected chi connectivity index (χ0v) is 21.8. The van der Waals surface area contributed by atoms with Gasteiger partial charge in [-0.15, -0.1) is 0 Å². The van der Waals surface area contributed by atoms with Crippen molar-refractivity contribution in [2.24, 2.45) is 5.92 Å². The molecule has 4 aromatic carbocycles. The molecular formula is C29H21ClN2O6S. The van der Waals surface area contributed by atoms with Gasteiger partial charge in [0.1, 0.15) is 16.6 Å². The molecule has 0 N–H and O–H groups in total. The van der Waals surface area contributed by atoms with E-state index in [-0.39, 0.29) is 10.6 Å². The maximum absolute atomic E-state index is 13.9. The smallest absolute Gasteiger partial charge is 0.339 e. The molecule has 6 rings (SSSR count). The van der Waals surface area contributed by atoms with E-state index < -0.39 is 40.0 Å². The Morgan fingerprint density at radius 3 is 2.03 bits per heavy atom. The zero-order chi connectivity index (χ0) is 27.1. The first-order chi connectivity index (χ1) is 18.8. The number of fused-ring (bicyclic) bond motifs is 1. The molecule has 2 saturated heterocycles. The Labute approximate surface area is 230 Å². The lowest BCUT2D eigenvalue weighted by atomic mass is 9.90. The lowest BCUT2D eigenvalue weighted by Gasteiger charge is -2.29. The molecule has 2 amide bonds. The van der Waals surface area contributed by atoms with Gasteiger partial charge in [0.05, 0.1) is 17.4 Å².